The Bertz CT molecular complexity index is 6260. The summed E-state index contributed by atoms with van der Waals surface area (Å²) in [5, 5.41) is 37.7. The van der Waals surface area contributed by atoms with Crippen LogP contribution in [-0.4, -0.2) is 132 Å². The molecule has 0 unspecified atom stereocenters. The molecule has 0 aliphatic heterocycles. The summed E-state index contributed by atoms with van der Waals surface area (Å²) in [4.78, 5) is 102. The van der Waals surface area contributed by atoms with E-state index in [-0.39, 0.29) is 25.3 Å². The van der Waals surface area contributed by atoms with Gasteiger partial charge in [-0.1, -0.05) is 186 Å². The molecule has 0 saturated carbocycles. The molecule has 10 N–H and O–H groups in total. The number of nitriles is 1. The number of aryl methyl sites for hydroxylation is 10. The van der Waals surface area contributed by atoms with Crippen molar-refractivity contribution >= 4 is 134 Å². The normalized spacial score (nSPS) is 9.85. The summed E-state index contributed by atoms with van der Waals surface area (Å²) in [5.74, 6) is 2.12. The van der Waals surface area contributed by atoms with Gasteiger partial charge in [-0.3, -0.25) is 42.5 Å². The highest BCUT2D eigenvalue weighted by Gasteiger charge is 2.21. The summed E-state index contributed by atoms with van der Waals surface area (Å²) in [7, 11) is 3.19. The number of nitrogens with one attached hydrogen (secondary N) is 10. The van der Waals surface area contributed by atoms with Gasteiger partial charge in [0, 0.05) is 93.4 Å². The van der Waals surface area contributed by atoms with Crippen LogP contribution in [0.3, 0.4) is 0 Å². The number of carbonyl (C=O) groups excluding carboxylic acids is 9. The molecule has 32 heteroatoms. The fourth-order valence-electron chi connectivity index (χ4n) is 13.0. The molecule has 13 rings (SSSR count). The Labute approximate surface area is 885 Å². The molecule has 150 heavy (non-hydrogen) atoms. The van der Waals surface area contributed by atoms with E-state index in [1.807, 2.05) is 369 Å². The number of carbonyl (C=O) groups is 9. The van der Waals surface area contributed by atoms with E-state index in [4.69, 9.17) is 59.0 Å². The Morgan fingerprint density at radius 2 is 0.687 bits per heavy atom. The summed E-state index contributed by atoms with van der Waals surface area (Å²) in [6, 6.07) is 92.4. The fraction of sp³-hybridized carbons (Fsp3) is 0.271. The van der Waals surface area contributed by atoms with E-state index in [0.29, 0.717) is 81.4 Å². The van der Waals surface area contributed by atoms with Crippen molar-refractivity contribution in [2.75, 3.05) is 126 Å². The number of alkyl halides is 1. The van der Waals surface area contributed by atoms with Crippen molar-refractivity contribution in [3.05, 3.63) is 359 Å². The van der Waals surface area contributed by atoms with Crippen molar-refractivity contribution in [2.45, 2.75) is 136 Å². The number of nitrogens with zero attached hydrogens (tertiary/aromatic N) is 2. The molecule has 1 heterocycles. The Morgan fingerprint density at radius 3 is 1.01 bits per heavy atom. The maximum absolute atomic E-state index is 12.5. The van der Waals surface area contributed by atoms with Crippen molar-refractivity contribution in [3.8, 4) is 28.8 Å². The van der Waals surface area contributed by atoms with Crippen molar-refractivity contribution in [2.24, 2.45) is 5.92 Å². The second kappa shape index (κ2) is 71.4. The van der Waals surface area contributed by atoms with Crippen LogP contribution in [0.1, 0.15) is 123 Å². The molecule has 0 atom stereocenters. The average Bonchev–Trinajstić information content (AvgIpc) is 1.60. The second-order valence-corrected chi connectivity index (χ2v) is 34.1. The maximum Gasteiger partial charge on any atom is 0.417 e. The summed E-state index contributed by atoms with van der Waals surface area (Å²) < 4.78 is 51.4. The molecular weight excluding hydrogens is 1920 g/mol. The minimum atomic E-state index is -0.484. The van der Waals surface area contributed by atoms with Gasteiger partial charge in [0.25, 0.3) is 0 Å². The first-order valence-electron chi connectivity index (χ1n) is 48.8. The van der Waals surface area contributed by atoms with Gasteiger partial charge in [-0.05, 0) is 297 Å². The minimum absolute atomic E-state index is 0.220. The number of benzene rings is 12. The maximum atomic E-state index is 12.5. The van der Waals surface area contributed by atoms with Crippen LogP contribution < -0.4 is 62.6 Å². The molecule has 1 aromatic heterocycles. The van der Waals surface area contributed by atoms with E-state index < -0.39 is 42.7 Å². The monoisotopic (exact) mass is 2070 g/mol. The molecule has 0 fully saturated rings. The number of fused-ring (bicyclic) bond motifs is 1. The topological polar surface area (TPSA) is 395 Å². The Hall–Kier alpha value is -17.1. The number of aromatic nitrogens is 1. The van der Waals surface area contributed by atoms with E-state index >= 15 is 0 Å². The zero-order valence-corrected chi connectivity index (χ0v) is 89.3. The smallest absolute Gasteiger partial charge is 0.417 e. The molecule has 10 amide bonds. The van der Waals surface area contributed by atoms with Crippen molar-refractivity contribution in [1.82, 2.24) is 4.57 Å². The molecule has 0 bridgehead atoms. The highest BCUT2D eigenvalue weighted by atomic mass is 35.5. The van der Waals surface area contributed by atoms with Crippen LogP contribution in [0.5, 0.6) is 11.5 Å². The number of anilines is 10. The molecule has 0 radical (unpaired) electrons. The summed E-state index contributed by atoms with van der Waals surface area (Å²) >= 11 is 5.45. The number of rotatable bonds is 30. The first-order valence-corrected chi connectivity index (χ1v) is 49.4. The van der Waals surface area contributed by atoms with Crippen molar-refractivity contribution in [1.29, 1.82) is 5.26 Å². The van der Waals surface area contributed by atoms with Crippen LogP contribution in [0, 0.1) is 79.6 Å². The highest BCUT2D eigenvalue weighted by molar-refractivity contribution is 6.17. The summed E-state index contributed by atoms with van der Waals surface area (Å²) in [6.45, 7) is 36.7. The Kier molecular flexibility index (Phi) is 58.7. The van der Waals surface area contributed by atoms with Gasteiger partial charge < -0.3 is 62.6 Å². The Balaban J connectivity index is 0.000000302. The lowest BCUT2D eigenvalue weighted by atomic mass is 10.1. The predicted octanol–water partition coefficient (Wildman–Crippen LogP) is 29.9. The van der Waals surface area contributed by atoms with Gasteiger partial charge in [0.2, 0.25) is 0 Å². The van der Waals surface area contributed by atoms with Crippen LogP contribution >= 0.6 is 11.6 Å². The summed E-state index contributed by atoms with van der Waals surface area (Å²) in [5.41, 5.74) is 20.5. The number of hydrogen-bond donors (Lipinski definition) is 10. The van der Waals surface area contributed by atoms with Gasteiger partial charge in [0.05, 0.1) is 63.5 Å². The van der Waals surface area contributed by atoms with Gasteiger partial charge >= 0.3 is 54.8 Å². The lowest BCUT2D eigenvalue weighted by Crippen LogP contribution is -2.19. The predicted molar refractivity (Wildman–Crippen MR) is 602 cm³/mol. The molecule has 0 aliphatic rings. The first-order chi connectivity index (χ1) is 72.2. The largest absolute Gasteiger partial charge is 0.497 e. The molecule has 12 aromatic carbocycles. The third kappa shape index (κ3) is 52.6. The summed E-state index contributed by atoms with van der Waals surface area (Å²) in [6.07, 6.45) is 1.54. The molecule has 13 aromatic rings. The highest BCUT2D eigenvalue weighted by Crippen LogP contribution is 2.37. The fourth-order valence-corrected chi connectivity index (χ4v) is 13.1. The number of para-hydroxylation sites is 1. The second-order valence-electron chi connectivity index (χ2n) is 33.7. The number of urea groups is 1. The quantitative estimate of drug-likeness (QED) is 0.00865. The van der Waals surface area contributed by atoms with Crippen molar-refractivity contribution < 1.29 is 90.5 Å². The minimum Gasteiger partial charge on any atom is -0.497 e. The SMILES string of the molecule is C=CCOC(=O)Nc1cccc(C)c1.CCCCOC(=O)Nc1cccc(C)c1.CCCOC(=O)Nc1cccc(C)c1.CCOC(=O)Nc1cccc(C)c1.CCn1c(-c2cccc(NC(=O)Nc3cccc(C)c3)c2)c(C#N)c2ccc(OC)cc21.COCCOC(=O)Nc1cccc(C)c1.Cc1cccc(NC(=O)OCC(C)C)c1.Cc1cccc(NC(=O)OCCCCl)c1.Cc1cccc(NC(=O)Oc2ccccc2)c1. The van der Waals surface area contributed by atoms with Crippen LogP contribution in [0.15, 0.2) is 304 Å². The van der Waals surface area contributed by atoms with Gasteiger partial charge in [0.15, 0.2) is 0 Å². The standard InChI is InChI=1S/C26H24N4O2.C14H13NO2.2C12H17NO2.C11H14ClNO2.C11H15NO3.C11H15NO2.C11H13NO2.C10H13NO2/c1-4-30-24-15-21(32-3)11-12-22(24)23(16-27)25(30)18-8-6-10-20(14-18)29-26(31)28-19-9-5-7-17(2)13-19;1-11-6-5-7-12(10-11)15-14(16)17-13-8-3-2-4-9-13;1-9(2)8-15-12(14)13-11-6-4-5-10(3)7-11;1-3-4-8-15-12(14)13-11-7-5-6-10(2)9-11;1-9-4-2-5-10(8-9)13-11(14)15-7-3-6-12;1-9-4-3-5-10(8-9)12-11(13)15-7-6-14-2;2*1-3-7-14-11(13)12-10-6-4-5-9(2)8-10;1-3-13-10(12)11-9-6-4-5-8(2)7-9/h5-15H,4H2,1-3H3,(H2,28,29,31);2-10H,1H3,(H,15,16);4-7,9H,8H2,1-3H3,(H,13,14);5-7,9H,3-4,8H2,1-2H3,(H,13,14);2,4-5,8H,3,6-7H2,1H3,(H,13,14);3-5,8H,6-7H2,1-2H3,(H,12,13);4-6,8H,3,7H2,1-2H3,(H,12,13);3-6,8H,1,7H2,2H3,(H,12,13);4-7H,3H2,1-2H3,(H,11,12). The molecule has 0 spiro atoms. The number of methoxy groups -OCH3 is 2. The van der Waals surface area contributed by atoms with E-state index in [1.54, 1.807) is 33.3 Å². The number of hydrogen-bond acceptors (Lipinski definition) is 20. The zero-order valence-electron chi connectivity index (χ0n) is 88.5. The number of halogens is 1. The molecular formula is C118H141ClN12O19. The number of amides is 10. The van der Waals surface area contributed by atoms with Crippen LogP contribution in [0.4, 0.5) is 100 Å². The van der Waals surface area contributed by atoms with Crippen LogP contribution in [0.25, 0.3) is 22.2 Å². The Morgan fingerprint density at radius 1 is 0.353 bits per heavy atom. The van der Waals surface area contributed by atoms with E-state index in [9.17, 15) is 48.4 Å². The lowest BCUT2D eigenvalue weighted by molar-refractivity contribution is 0.107. The van der Waals surface area contributed by atoms with E-state index in [0.717, 1.165) is 148 Å². The lowest BCUT2D eigenvalue weighted by Gasteiger charge is -2.12. The van der Waals surface area contributed by atoms with Gasteiger partial charge in [0.1, 0.15) is 30.8 Å². The zero-order chi connectivity index (χ0) is 110. The third-order valence-electron chi connectivity index (χ3n) is 19.8. The van der Waals surface area contributed by atoms with Gasteiger partial charge in [-0.15, -0.1) is 11.6 Å². The van der Waals surface area contributed by atoms with Crippen LogP contribution in [-0.2, 0) is 44.4 Å². The molecule has 794 valence electrons. The number of ether oxygens (including phenoxy) is 10. The average molecular weight is 2070 g/mol. The molecule has 0 aliphatic carbocycles. The van der Waals surface area contributed by atoms with Crippen molar-refractivity contribution in [3.63, 3.8) is 0 Å². The molecule has 0 saturated heterocycles. The number of unbranched alkanes of at least 4 members (excludes halogenated alkanes) is 1. The van der Waals surface area contributed by atoms with E-state index in [2.05, 4.69) is 77.3 Å². The third-order valence-corrected chi connectivity index (χ3v) is 20.1. The van der Waals surface area contributed by atoms with Gasteiger partial charge in [-0.25, -0.2) is 43.2 Å². The van der Waals surface area contributed by atoms with Gasteiger partial charge in [-0.2, -0.15) is 5.26 Å². The molecule has 31 nitrogen and oxygen atoms in total. The van der Waals surface area contributed by atoms with Crippen LogP contribution in [0.2, 0.25) is 0 Å². The first kappa shape index (κ1) is 123. The van der Waals surface area contributed by atoms with E-state index in [1.165, 1.54) is 6.08 Å².